The second-order valence-corrected chi connectivity index (χ2v) is 3.29. The van der Waals surface area contributed by atoms with E-state index in [1.165, 1.54) is 5.56 Å². The molecule has 2 nitrogen and oxygen atoms in total. The van der Waals surface area contributed by atoms with Crippen molar-refractivity contribution in [3.8, 4) is 5.75 Å². The summed E-state index contributed by atoms with van der Waals surface area (Å²) in [5, 5.41) is 3.45. The van der Waals surface area contributed by atoms with Gasteiger partial charge in [-0.2, -0.15) is 0 Å². The lowest BCUT2D eigenvalue weighted by molar-refractivity contribution is 0.414. The third-order valence-electron chi connectivity index (χ3n) is 2.38. The molecule has 0 aliphatic heterocycles. The summed E-state index contributed by atoms with van der Waals surface area (Å²) < 4.78 is 5.12. The van der Waals surface area contributed by atoms with Crippen molar-refractivity contribution < 1.29 is 4.74 Å². The van der Waals surface area contributed by atoms with E-state index in [9.17, 15) is 0 Å². The van der Waals surface area contributed by atoms with Crippen molar-refractivity contribution in [3.63, 3.8) is 0 Å². The Morgan fingerprint density at radius 2 is 1.86 bits per heavy atom. The van der Waals surface area contributed by atoms with Gasteiger partial charge in [0.2, 0.25) is 0 Å². The van der Waals surface area contributed by atoms with Crippen LogP contribution in [0.2, 0.25) is 0 Å². The third-order valence-corrected chi connectivity index (χ3v) is 2.38. The largest absolute Gasteiger partial charge is 0.497 e. The van der Waals surface area contributed by atoms with Crippen LogP contribution < -0.4 is 10.1 Å². The molecule has 0 aromatic heterocycles. The average Bonchev–Trinajstić information content (AvgIpc) is 2.26. The summed E-state index contributed by atoms with van der Waals surface area (Å²) in [6.07, 6.45) is 1.11. The summed E-state index contributed by atoms with van der Waals surface area (Å²) in [7, 11) is 1.69. The number of nitrogens with one attached hydrogen (secondary N) is 1. The fraction of sp³-hybridized carbons (Fsp3) is 0.500. The predicted octanol–water partition coefficient (Wildman–Crippen LogP) is 2.76. The predicted molar refractivity (Wildman–Crippen MR) is 59.7 cm³/mol. The minimum Gasteiger partial charge on any atom is -0.497 e. The molecule has 0 aliphatic rings. The fourth-order valence-corrected chi connectivity index (χ4v) is 1.58. The van der Waals surface area contributed by atoms with E-state index >= 15 is 0 Å². The highest BCUT2D eigenvalue weighted by Gasteiger charge is 2.06. The number of ether oxygens (including phenoxy) is 1. The standard InChI is InChI=1S/C12H19NO/c1-4-12(13-5-2)10-6-8-11(14-3)9-7-10/h6-9,12-13H,4-5H2,1-3H3/t12-/m0/s1. The van der Waals surface area contributed by atoms with Gasteiger partial charge in [0.15, 0.2) is 0 Å². The molecule has 14 heavy (non-hydrogen) atoms. The van der Waals surface area contributed by atoms with Crippen LogP contribution in [0, 0.1) is 0 Å². The van der Waals surface area contributed by atoms with Gasteiger partial charge in [0.05, 0.1) is 7.11 Å². The molecule has 0 heterocycles. The molecule has 0 amide bonds. The van der Waals surface area contributed by atoms with E-state index in [0.717, 1.165) is 18.7 Å². The lowest BCUT2D eigenvalue weighted by Gasteiger charge is -2.16. The second kappa shape index (κ2) is 5.66. The molecular formula is C12H19NO. The molecular weight excluding hydrogens is 174 g/mol. The van der Waals surface area contributed by atoms with Crippen molar-refractivity contribution in [2.24, 2.45) is 0 Å². The summed E-state index contributed by atoms with van der Waals surface area (Å²) in [5.74, 6) is 0.917. The molecule has 0 aliphatic carbocycles. The second-order valence-electron chi connectivity index (χ2n) is 3.29. The maximum atomic E-state index is 5.12. The Balaban J connectivity index is 2.73. The minimum atomic E-state index is 0.464. The lowest BCUT2D eigenvalue weighted by atomic mass is 10.0. The summed E-state index contributed by atoms with van der Waals surface area (Å²) in [5.41, 5.74) is 1.33. The van der Waals surface area contributed by atoms with Crippen LogP contribution in [0.3, 0.4) is 0 Å². The van der Waals surface area contributed by atoms with Gasteiger partial charge in [-0.3, -0.25) is 0 Å². The number of benzene rings is 1. The molecule has 0 unspecified atom stereocenters. The van der Waals surface area contributed by atoms with Crippen LogP contribution in [-0.4, -0.2) is 13.7 Å². The van der Waals surface area contributed by atoms with Crippen molar-refractivity contribution >= 4 is 0 Å². The van der Waals surface area contributed by atoms with Crippen molar-refractivity contribution in [2.45, 2.75) is 26.3 Å². The number of hydrogen-bond acceptors (Lipinski definition) is 2. The zero-order chi connectivity index (χ0) is 10.4. The first kappa shape index (κ1) is 11.1. The summed E-state index contributed by atoms with van der Waals surface area (Å²) in [6, 6.07) is 8.72. The molecule has 1 aromatic rings. The van der Waals surface area contributed by atoms with Gasteiger partial charge < -0.3 is 10.1 Å². The van der Waals surface area contributed by atoms with Gasteiger partial charge in [-0.1, -0.05) is 26.0 Å². The Labute approximate surface area is 86.3 Å². The number of hydrogen-bond donors (Lipinski definition) is 1. The fourth-order valence-electron chi connectivity index (χ4n) is 1.58. The molecule has 1 atom stereocenters. The number of rotatable bonds is 5. The topological polar surface area (TPSA) is 21.3 Å². The van der Waals surface area contributed by atoms with Gasteiger partial charge in [0, 0.05) is 6.04 Å². The SMILES string of the molecule is CCN[C@@H](CC)c1ccc(OC)cc1. The van der Waals surface area contributed by atoms with Gasteiger partial charge in [0.25, 0.3) is 0 Å². The van der Waals surface area contributed by atoms with Crippen molar-refractivity contribution in [2.75, 3.05) is 13.7 Å². The molecule has 0 saturated heterocycles. The summed E-state index contributed by atoms with van der Waals surface area (Å²) in [6.45, 7) is 5.33. The van der Waals surface area contributed by atoms with Crippen LogP contribution >= 0.6 is 0 Å². The van der Waals surface area contributed by atoms with Crippen LogP contribution in [0.1, 0.15) is 31.9 Å². The molecule has 0 saturated carbocycles. The summed E-state index contributed by atoms with van der Waals surface area (Å²) in [4.78, 5) is 0. The Kier molecular flexibility index (Phi) is 4.47. The van der Waals surface area contributed by atoms with Crippen LogP contribution in [0.25, 0.3) is 0 Å². The van der Waals surface area contributed by atoms with Crippen molar-refractivity contribution in [3.05, 3.63) is 29.8 Å². The van der Waals surface area contributed by atoms with E-state index in [-0.39, 0.29) is 0 Å². The Hall–Kier alpha value is -1.02. The van der Waals surface area contributed by atoms with E-state index in [0.29, 0.717) is 6.04 Å². The monoisotopic (exact) mass is 193 g/mol. The molecule has 0 radical (unpaired) electrons. The van der Waals surface area contributed by atoms with Crippen molar-refractivity contribution in [1.82, 2.24) is 5.32 Å². The zero-order valence-corrected chi connectivity index (χ0v) is 9.21. The van der Waals surface area contributed by atoms with Gasteiger partial charge >= 0.3 is 0 Å². The lowest BCUT2D eigenvalue weighted by Crippen LogP contribution is -2.19. The molecule has 1 aromatic carbocycles. The minimum absolute atomic E-state index is 0.464. The van der Waals surface area contributed by atoms with Crippen LogP contribution in [0.5, 0.6) is 5.75 Å². The number of methoxy groups -OCH3 is 1. The normalized spacial score (nSPS) is 12.5. The Morgan fingerprint density at radius 1 is 1.21 bits per heavy atom. The molecule has 0 fully saturated rings. The van der Waals surface area contributed by atoms with Crippen molar-refractivity contribution in [1.29, 1.82) is 0 Å². The van der Waals surface area contributed by atoms with Gasteiger partial charge in [-0.05, 0) is 30.7 Å². The smallest absolute Gasteiger partial charge is 0.118 e. The van der Waals surface area contributed by atoms with Gasteiger partial charge in [-0.15, -0.1) is 0 Å². The summed E-state index contributed by atoms with van der Waals surface area (Å²) >= 11 is 0. The highest BCUT2D eigenvalue weighted by Crippen LogP contribution is 2.19. The van der Waals surface area contributed by atoms with E-state index in [1.807, 2.05) is 12.1 Å². The quantitative estimate of drug-likeness (QED) is 0.776. The maximum absolute atomic E-state index is 5.12. The first-order valence-corrected chi connectivity index (χ1v) is 5.19. The highest BCUT2D eigenvalue weighted by atomic mass is 16.5. The van der Waals surface area contributed by atoms with E-state index in [2.05, 4.69) is 31.3 Å². The average molecular weight is 193 g/mol. The maximum Gasteiger partial charge on any atom is 0.118 e. The van der Waals surface area contributed by atoms with E-state index < -0.39 is 0 Å². The molecule has 0 spiro atoms. The first-order chi connectivity index (χ1) is 6.81. The van der Waals surface area contributed by atoms with Crippen LogP contribution in [0.4, 0.5) is 0 Å². The van der Waals surface area contributed by atoms with Gasteiger partial charge in [-0.25, -0.2) is 0 Å². The van der Waals surface area contributed by atoms with E-state index in [4.69, 9.17) is 4.74 Å². The molecule has 78 valence electrons. The molecule has 0 bridgehead atoms. The zero-order valence-electron chi connectivity index (χ0n) is 9.21. The molecule has 1 rings (SSSR count). The van der Waals surface area contributed by atoms with E-state index in [1.54, 1.807) is 7.11 Å². The first-order valence-electron chi connectivity index (χ1n) is 5.19. The van der Waals surface area contributed by atoms with Gasteiger partial charge in [0.1, 0.15) is 5.75 Å². The third kappa shape index (κ3) is 2.74. The molecule has 1 N–H and O–H groups in total. The highest BCUT2D eigenvalue weighted by molar-refractivity contribution is 5.29. The molecule has 2 heteroatoms. The Bertz CT molecular complexity index is 256. The van der Waals surface area contributed by atoms with Crippen LogP contribution in [0.15, 0.2) is 24.3 Å². The Morgan fingerprint density at radius 3 is 2.29 bits per heavy atom. The van der Waals surface area contributed by atoms with Crippen LogP contribution in [-0.2, 0) is 0 Å².